The maximum Gasteiger partial charge on any atom is 0.573 e. The second-order valence-electron chi connectivity index (χ2n) is 8.94. The molecule has 0 atom stereocenters. The molecule has 0 aliphatic heterocycles. The molecule has 0 saturated heterocycles. The van der Waals surface area contributed by atoms with Gasteiger partial charge in [-0.25, -0.2) is 13.2 Å². The standard InChI is InChI=1S/C29H25F6NO/c1-2-3-19-6-12-23(36-17-19)11-5-18-7-13-24-22(14-18)10-9-21(27(24)32)8-4-20-15-25(30)28(26(31)16-20)37-29(33,34)35/h6-7,9-10,12-17H,2-5,8,11H2,1H3. The van der Waals surface area contributed by atoms with Crippen molar-refractivity contribution in [1.29, 1.82) is 0 Å². The number of benzene rings is 3. The van der Waals surface area contributed by atoms with E-state index in [1.807, 2.05) is 24.4 Å². The number of fused-ring (bicyclic) bond motifs is 1. The Morgan fingerprint density at radius 3 is 2.08 bits per heavy atom. The highest BCUT2D eigenvalue weighted by molar-refractivity contribution is 5.84. The first-order valence-electron chi connectivity index (χ1n) is 12.0. The molecule has 0 radical (unpaired) electrons. The topological polar surface area (TPSA) is 22.1 Å². The van der Waals surface area contributed by atoms with Gasteiger partial charge >= 0.3 is 6.36 Å². The molecule has 1 aromatic heterocycles. The van der Waals surface area contributed by atoms with Crippen LogP contribution in [0.2, 0.25) is 0 Å². The molecule has 8 heteroatoms. The van der Waals surface area contributed by atoms with E-state index in [0.29, 0.717) is 10.9 Å². The first-order valence-corrected chi connectivity index (χ1v) is 12.0. The van der Waals surface area contributed by atoms with E-state index in [1.54, 1.807) is 18.2 Å². The normalized spacial score (nSPS) is 11.8. The van der Waals surface area contributed by atoms with Crippen LogP contribution in [0, 0.1) is 17.5 Å². The van der Waals surface area contributed by atoms with Crippen molar-refractivity contribution < 1.29 is 31.1 Å². The van der Waals surface area contributed by atoms with E-state index in [-0.39, 0.29) is 18.4 Å². The van der Waals surface area contributed by atoms with Gasteiger partial charge in [0.15, 0.2) is 11.6 Å². The second kappa shape index (κ2) is 11.2. The first-order chi connectivity index (χ1) is 17.6. The quantitative estimate of drug-likeness (QED) is 0.210. The Labute approximate surface area is 210 Å². The van der Waals surface area contributed by atoms with Crippen LogP contribution in [0.4, 0.5) is 26.3 Å². The van der Waals surface area contributed by atoms with Gasteiger partial charge in [-0.1, -0.05) is 49.7 Å². The molecule has 0 unspecified atom stereocenters. The van der Waals surface area contributed by atoms with Crippen LogP contribution in [0.5, 0.6) is 5.75 Å². The molecule has 194 valence electrons. The zero-order valence-corrected chi connectivity index (χ0v) is 20.1. The summed E-state index contributed by atoms with van der Waals surface area (Å²) in [6, 6.07) is 14.6. The van der Waals surface area contributed by atoms with Crippen molar-refractivity contribution in [3.8, 4) is 5.75 Å². The van der Waals surface area contributed by atoms with E-state index in [4.69, 9.17) is 0 Å². The Balaban J connectivity index is 1.43. The monoisotopic (exact) mass is 517 g/mol. The molecule has 0 fully saturated rings. The number of aryl methyl sites for hydroxylation is 5. The summed E-state index contributed by atoms with van der Waals surface area (Å²) >= 11 is 0. The van der Waals surface area contributed by atoms with Gasteiger partial charge in [0.1, 0.15) is 5.82 Å². The number of hydrogen-bond donors (Lipinski definition) is 0. The molecular weight excluding hydrogens is 492 g/mol. The number of aromatic nitrogens is 1. The first kappa shape index (κ1) is 26.5. The Morgan fingerprint density at radius 2 is 1.43 bits per heavy atom. The van der Waals surface area contributed by atoms with Gasteiger partial charge in [-0.3, -0.25) is 4.98 Å². The maximum absolute atomic E-state index is 15.2. The zero-order valence-electron chi connectivity index (χ0n) is 20.1. The van der Waals surface area contributed by atoms with Gasteiger partial charge in [0, 0.05) is 17.3 Å². The van der Waals surface area contributed by atoms with Crippen molar-refractivity contribution in [2.45, 2.75) is 51.8 Å². The molecule has 4 rings (SSSR count). The van der Waals surface area contributed by atoms with Crippen LogP contribution in [0.1, 0.15) is 41.3 Å². The number of nitrogens with zero attached hydrogens (tertiary/aromatic N) is 1. The molecule has 0 bridgehead atoms. The van der Waals surface area contributed by atoms with E-state index in [2.05, 4.69) is 22.7 Å². The number of pyridine rings is 1. The van der Waals surface area contributed by atoms with Crippen molar-refractivity contribution in [3.05, 3.63) is 106 Å². The molecule has 0 saturated carbocycles. The number of rotatable bonds is 9. The van der Waals surface area contributed by atoms with Crippen molar-refractivity contribution in [2.75, 3.05) is 0 Å². The maximum atomic E-state index is 15.2. The molecule has 0 N–H and O–H groups in total. The number of ether oxygens (including phenoxy) is 1. The summed E-state index contributed by atoms with van der Waals surface area (Å²) in [6.07, 6.45) is 0.427. The third kappa shape index (κ3) is 6.81. The van der Waals surface area contributed by atoms with E-state index in [1.165, 1.54) is 5.56 Å². The van der Waals surface area contributed by atoms with Crippen molar-refractivity contribution in [1.82, 2.24) is 4.98 Å². The third-order valence-electron chi connectivity index (χ3n) is 6.15. The van der Waals surface area contributed by atoms with Crippen molar-refractivity contribution in [2.24, 2.45) is 0 Å². The molecule has 0 amide bonds. The summed E-state index contributed by atoms with van der Waals surface area (Å²) in [5.74, 6) is -4.87. The highest BCUT2D eigenvalue weighted by Gasteiger charge is 2.34. The van der Waals surface area contributed by atoms with E-state index in [9.17, 15) is 22.0 Å². The van der Waals surface area contributed by atoms with Gasteiger partial charge < -0.3 is 4.74 Å². The Bertz CT molecular complexity index is 1360. The number of hydrogen-bond acceptors (Lipinski definition) is 2. The number of halogens is 6. The minimum Gasteiger partial charge on any atom is -0.399 e. The molecule has 1 heterocycles. The summed E-state index contributed by atoms with van der Waals surface area (Å²) in [5, 5.41) is 1.16. The molecule has 0 aliphatic carbocycles. The molecule has 0 spiro atoms. The molecule has 4 aromatic rings. The van der Waals surface area contributed by atoms with Crippen LogP contribution in [0.3, 0.4) is 0 Å². The highest BCUT2D eigenvalue weighted by Crippen LogP contribution is 2.30. The lowest BCUT2D eigenvalue weighted by atomic mass is 9.97. The van der Waals surface area contributed by atoms with Crippen LogP contribution in [-0.2, 0) is 32.1 Å². The van der Waals surface area contributed by atoms with E-state index >= 15 is 4.39 Å². The lowest BCUT2D eigenvalue weighted by Gasteiger charge is -2.12. The Morgan fingerprint density at radius 1 is 0.730 bits per heavy atom. The van der Waals surface area contributed by atoms with Gasteiger partial charge in [0.05, 0.1) is 0 Å². The molecular formula is C29H25F6NO. The summed E-state index contributed by atoms with van der Waals surface area (Å²) in [4.78, 5) is 4.51. The third-order valence-corrected chi connectivity index (χ3v) is 6.15. The highest BCUT2D eigenvalue weighted by atomic mass is 19.4. The minimum atomic E-state index is -5.21. The Hall–Kier alpha value is -3.55. The fourth-order valence-electron chi connectivity index (χ4n) is 4.30. The van der Waals surface area contributed by atoms with Crippen LogP contribution < -0.4 is 4.74 Å². The smallest absolute Gasteiger partial charge is 0.399 e. The molecule has 37 heavy (non-hydrogen) atoms. The van der Waals surface area contributed by atoms with Crippen LogP contribution >= 0.6 is 0 Å². The summed E-state index contributed by atoms with van der Waals surface area (Å²) < 4.78 is 83.5. The number of alkyl halides is 3. The van der Waals surface area contributed by atoms with E-state index in [0.717, 1.165) is 54.5 Å². The fraction of sp³-hybridized carbons (Fsp3) is 0.276. The molecule has 0 aliphatic rings. The van der Waals surface area contributed by atoms with Crippen LogP contribution in [0.25, 0.3) is 10.8 Å². The average Bonchev–Trinajstić information content (AvgIpc) is 2.85. The van der Waals surface area contributed by atoms with E-state index < -0.39 is 29.6 Å². The van der Waals surface area contributed by atoms with Gasteiger partial charge in [-0.15, -0.1) is 13.2 Å². The summed E-state index contributed by atoms with van der Waals surface area (Å²) in [6.45, 7) is 2.13. The van der Waals surface area contributed by atoms with Gasteiger partial charge in [0.2, 0.25) is 5.75 Å². The van der Waals surface area contributed by atoms with Gasteiger partial charge in [0.25, 0.3) is 0 Å². The van der Waals surface area contributed by atoms with Crippen molar-refractivity contribution in [3.63, 3.8) is 0 Å². The fourth-order valence-corrected chi connectivity index (χ4v) is 4.30. The summed E-state index contributed by atoms with van der Waals surface area (Å²) in [7, 11) is 0. The average molecular weight is 518 g/mol. The van der Waals surface area contributed by atoms with Crippen molar-refractivity contribution >= 4 is 10.8 Å². The Kier molecular flexibility index (Phi) is 8.05. The second-order valence-corrected chi connectivity index (χ2v) is 8.94. The predicted molar refractivity (Wildman–Crippen MR) is 130 cm³/mol. The lowest BCUT2D eigenvalue weighted by molar-refractivity contribution is -0.276. The molecule has 3 aromatic carbocycles. The lowest BCUT2D eigenvalue weighted by Crippen LogP contribution is -2.19. The van der Waals surface area contributed by atoms with Gasteiger partial charge in [-0.2, -0.15) is 0 Å². The molecule has 2 nitrogen and oxygen atoms in total. The van der Waals surface area contributed by atoms with Crippen LogP contribution in [0.15, 0.2) is 60.8 Å². The minimum absolute atomic E-state index is 0.0324. The largest absolute Gasteiger partial charge is 0.573 e. The zero-order chi connectivity index (χ0) is 26.6. The van der Waals surface area contributed by atoms with Gasteiger partial charge in [-0.05, 0) is 77.9 Å². The SMILES string of the molecule is CCCc1ccc(CCc2ccc3c(F)c(CCc4cc(F)c(OC(F)(F)F)c(F)c4)ccc3c2)nc1. The van der Waals surface area contributed by atoms with Crippen LogP contribution in [-0.4, -0.2) is 11.3 Å². The predicted octanol–water partition coefficient (Wildman–Crippen LogP) is 8.07. The summed E-state index contributed by atoms with van der Waals surface area (Å²) in [5.41, 5.74) is 3.69.